The molecule has 1 aliphatic carbocycles. The maximum absolute atomic E-state index is 13.8. The number of rotatable bonds is 6. The molecule has 0 spiro atoms. The van der Waals surface area contributed by atoms with E-state index in [1.165, 1.54) is 14.7 Å². The molecule has 0 saturated carbocycles. The third kappa shape index (κ3) is 7.91. The number of aryl methyl sites for hydroxylation is 1. The molecule has 0 radical (unpaired) electrons. The number of fused-ring (bicyclic) bond motifs is 3. The molecule has 1 fully saturated rings. The number of aliphatic hydroxyl groups excluding tert-OH is 1. The van der Waals surface area contributed by atoms with Gasteiger partial charge in [-0.05, 0) is 94.3 Å². The lowest BCUT2D eigenvalue weighted by Gasteiger charge is -2.45. The van der Waals surface area contributed by atoms with Crippen molar-refractivity contribution in [1.82, 2.24) is 28.4 Å². The van der Waals surface area contributed by atoms with Crippen molar-refractivity contribution in [2.45, 2.75) is 85.6 Å². The van der Waals surface area contributed by atoms with E-state index in [9.17, 15) is 19.5 Å². The van der Waals surface area contributed by atoms with Gasteiger partial charge in [-0.15, -0.1) is 0 Å². The quantitative estimate of drug-likeness (QED) is 0.228. The number of anilines is 3. The van der Waals surface area contributed by atoms with Crippen LogP contribution in [0.15, 0.2) is 70.9 Å². The number of aliphatic hydroxyl groups is 1. The van der Waals surface area contributed by atoms with Gasteiger partial charge in [-0.25, -0.2) is 14.8 Å². The predicted molar refractivity (Wildman–Crippen MR) is 220 cm³/mol. The lowest BCUT2D eigenvalue weighted by atomic mass is 9.90. The summed E-state index contributed by atoms with van der Waals surface area (Å²) in [5.74, 6) is 0.811. The fourth-order valence-corrected chi connectivity index (χ4v) is 7.95. The molecule has 15 heteroatoms. The lowest BCUT2D eigenvalue weighted by Crippen LogP contribution is -2.58. The fourth-order valence-electron chi connectivity index (χ4n) is 7.95. The second-order valence-corrected chi connectivity index (χ2v) is 16.3. The van der Waals surface area contributed by atoms with Crippen molar-refractivity contribution in [1.29, 1.82) is 0 Å². The van der Waals surface area contributed by atoms with Gasteiger partial charge in [0.05, 0.1) is 18.5 Å². The molecule has 2 N–H and O–H groups in total. The Balaban J connectivity index is 0.00000253. The summed E-state index contributed by atoms with van der Waals surface area (Å²) in [7, 11) is 1.67. The first-order valence-corrected chi connectivity index (χ1v) is 19.6. The van der Waals surface area contributed by atoms with Gasteiger partial charge in [-0.2, -0.15) is 0 Å². The van der Waals surface area contributed by atoms with Gasteiger partial charge in [-0.3, -0.25) is 14.2 Å². The Labute approximate surface area is 330 Å². The van der Waals surface area contributed by atoms with Gasteiger partial charge in [0.2, 0.25) is 0 Å². The molecule has 290 valence electrons. The van der Waals surface area contributed by atoms with Crippen LogP contribution in [0, 0.1) is 5.41 Å². The minimum atomic E-state index is -0.562. The van der Waals surface area contributed by atoms with Crippen LogP contribution in [-0.2, 0) is 53.6 Å². The Bertz CT molecular complexity index is 2350. The van der Waals surface area contributed by atoms with E-state index < -0.39 is 5.60 Å². The van der Waals surface area contributed by atoms with Crippen LogP contribution in [0.4, 0.5) is 22.0 Å². The van der Waals surface area contributed by atoms with Crippen molar-refractivity contribution in [3.63, 3.8) is 0 Å². The smallest absolute Gasteiger partial charge is 0.410 e. The molecular formula is C40H48N8O5S2. The van der Waals surface area contributed by atoms with E-state index in [0.29, 0.717) is 52.6 Å². The molecule has 7 rings (SSSR count). The zero-order chi connectivity index (χ0) is 40.0. The fraction of sp³-hybridized carbons (Fsp3) is 0.425. The molecule has 6 heterocycles. The number of ether oxygens (including phenoxy) is 1. The number of piperazine rings is 1. The highest BCUT2D eigenvalue weighted by atomic mass is 32.8. The Hall–Kier alpha value is -4.99. The van der Waals surface area contributed by atoms with E-state index in [-0.39, 0.29) is 41.3 Å². The van der Waals surface area contributed by atoms with Gasteiger partial charge >= 0.3 is 6.09 Å². The van der Waals surface area contributed by atoms with E-state index in [0.717, 1.165) is 24.2 Å². The molecule has 1 amide bonds. The Kier molecular flexibility index (Phi) is 11.0. The number of amides is 1. The lowest BCUT2D eigenvalue weighted by molar-refractivity contribution is 0.0193. The van der Waals surface area contributed by atoms with Crippen LogP contribution in [0.2, 0.25) is 0 Å². The normalized spacial score (nSPS) is 17.8. The number of pyridine rings is 3. The summed E-state index contributed by atoms with van der Waals surface area (Å²) >= 11 is 7.33. The highest BCUT2D eigenvalue weighted by Crippen LogP contribution is 2.37. The molecule has 0 aromatic carbocycles. The molecule has 0 bridgehead atoms. The zero-order valence-electron chi connectivity index (χ0n) is 32.5. The van der Waals surface area contributed by atoms with E-state index in [4.69, 9.17) is 4.74 Å². The van der Waals surface area contributed by atoms with Gasteiger partial charge in [0.1, 0.15) is 28.4 Å². The summed E-state index contributed by atoms with van der Waals surface area (Å²) in [4.78, 5) is 53.1. The maximum atomic E-state index is 13.8. The number of hydrogen-bond donors (Lipinski definition) is 2. The highest BCUT2D eigenvalue weighted by molar-refractivity contribution is 8.07. The number of carbonyl (C=O) groups is 1. The van der Waals surface area contributed by atoms with Gasteiger partial charge in [-0.1, -0.05) is 13.8 Å². The summed E-state index contributed by atoms with van der Waals surface area (Å²) in [5.41, 5.74) is 4.99. The molecule has 13 nitrogen and oxygen atoms in total. The molecule has 1 saturated heterocycles. The topological polar surface area (TPSA) is 139 Å². The Morgan fingerprint density at radius 1 is 1.02 bits per heavy atom. The van der Waals surface area contributed by atoms with Crippen LogP contribution in [0.5, 0.6) is 0 Å². The van der Waals surface area contributed by atoms with E-state index in [1.807, 2.05) is 49.6 Å². The van der Waals surface area contributed by atoms with E-state index in [1.54, 1.807) is 48.9 Å². The summed E-state index contributed by atoms with van der Waals surface area (Å²) < 4.78 is 10.5. The number of nitrogens with one attached hydrogen (secondary N) is 1. The van der Waals surface area contributed by atoms with E-state index >= 15 is 0 Å². The monoisotopic (exact) mass is 784 g/mol. The van der Waals surface area contributed by atoms with Crippen LogP contribution in [0.25, 0.3) is 22.5 Å². The number of hydrogen-bond acceptors (Lipinski definition) is 11. The summed E-state index contributed by atoms with van der Waals surface area (Å²) in [6, 6.07) is 9.30. The first kappa shape index (κ1) is 39.7. The summed E-state index contributed by atoms with van der Waals surface area (Å²) in [6.45, 7) is 14.9. The molecule has 2 aliphatic rings. The summed E-state index contributed by atoms with van der Waals surface area (Å²) in [6.07, 6.45) is 10.2. The van der Waals surface area contributed by atoms with Crippen LogP contribution >= 0.6 is 0 Å². The highest BCUT2D eigenvalue weighted by Gasteiger charge is 2.35. The van der Waals surface area contributed by atoms with Crippen molar-refractivity contribution >= 4 is 51.2 Å². The molecule has 2 atom stereocenters. The largest absolute Gasteiger partial charge is 0.444 e. The van der Waals surface area contributed by atoms with Gasteiger partial charge < -0.3 is 33.9 Å². The SMILES string of the molecule is C[C@H]1CN(C(=O)OC(C)(C)C)C[C@H](C)N1c1ccc(Nc2cc(-c3ccnc(-n4ccn5c6c(cc5c4=O)CC(C)(C)C6)c3CO)cn(C)c2=O)nc1.S=S. The molecule has 5 aromatic rings. The molecule has 1 aliphatic heterocycles. The molecule has 5 aromatic heterocycles. The van der Waals surface area contributed by atoms with Crippen LogP contribution in [0.3, 0.4) is 0 Å². The number of nitrogens with zero attached hydrogens (tertiary/aromatic N) is 7. The first-order chi connectivity index (χ1) is 26.0. The van der Waals surface area contributed by atoms with E-state index in [2.05, 4.69) is 70.3 Å². The minimum Gasteiger partial charge on any atom is -0.444 e. The first-order valence-electron chi connectivity index (χ1n) is 18.2. The second-order valence-electron chi connectivity index (χ2n) is 16.3. The minimum absolute atomic E-state index is 0.0243. The van der Waals surface area contributed by atoms with Crippen LogP contribution in [0.1, 0.15) is 65.3 Å². The van der Waals surface area contributed by atoms with Gasteiger partial charge in [0, 0.05) is 96.2 Å². The Morgan fingerprint density at radius 2 is 1.73 bits per heavy atom. The Morgan fingerprint density at radius 3 is 2.36 bits per heavy atom. The van der Waals surface area contributed by atoms with Gasteiger partial charge in [0.25, 0.3) is 11.1 Å². The van der Waals surface area contributed by atoms with Crippen LogP contribution < -0.4 is 21.3 Å². The van der Waals surface area contributed by atoms with Crippen molar-refractivity contribution in [3.05, 3.63) is 98.8 Å². The van der Waals surface area contributed by atoms with Crippen molar-refractivity contribution in [3.8, 4) is 16.9 Å². The van der Waals surface area contributed by atoms with Gasteiger partial charge in [0.15, 0.2) is 0 Å². The maximum Gasteiger partial charge on any atom is 0.410 e. The summed E-state index contributed by atoms with van der Waals surface area (Å²) in [5, 5.41) is 13.9. The van der Waals surface area contributed by atoms with Crippen molar-refractivity contribution < 1.29 is 14.6 Å². The van der Waals surface area contributed by atoms with Crippen molar-refractivity contribution in [2.24, 2.45) is 12.5 Å². The van der Waals surface area contributed by atoms with Crippen molar-refractivity contribution in [2.75, 3.05) is 23.3 Å². The predicted octanol–water partition coefficient (Wildman–Crippen LogP) is 5.44. The zero-order valence-corrected chi connectivity index (χ0v) is 34.1. The molecule has 0 unspecified atom stereocenters. The molecular weight excluding hydrogens is 737 g/mol. The average Bonchev–Trinajstić information content (AvgIpc) is 3.62. The standard InChI is InChI=1S/C40H48N8O5.S2/c1-24-20-45(38(52)53-39(3,4)5)21-25(2)48(24)28-9-10-34(42-19-28)43-31-15-27(22-44(8)36(31)50)29-11-12-41-35(30(29)23-49)47-14-13-46-32(37(47)51)16-26-17-40(6,7)18-33(26)46;1-2/h9-16,19,22,24-25,49H,17-18,20-21,23H2,1-8H3,(H,42,43);/t24-,25-;/m0./s1. The van der Waals surface area contributed by atoms with Crippen LogP contribution in [-0.4, -0.2) is 70.4 Å². The number of aromatic nitrogens is 5. The molecule has 55 heavy (non-hydrogen) atoms. The second kappa shape index (κ2) is 15.3. The third-order valence-electron chi connectivity index (χ3n) is 10.1. The number of carbonyl (C=O) groups excluding carboxylic acids is 1. The average molecular weight is 785 g/mol. The third-order valence-corrected chi connectivity index (χ3v) is 10.1.